The maximum absolute atomic E-state index is 9.81. The summed E-state index contributed by atoms with van der Waals surface area (Å²) in [5.41, 5.74) is -0.193. The van der Waals surface area contributed by atoms with Crippen LogP contribution in [0.3, 0.4) is 0 Å². The van der Waals surface area contributed by atoms with E-state index in [0.29, 0.717) is 6.54 Å². The van der Waals surface area contributed by atoms with Crippen LogP contribution < -0.4 is 5.32 Å². The van der Waals surface area contributed by atoms with Crippen molar-refractivity contribution < 1.29 is 9.92 Å². The lowest BCUT2D eigenvalue weighted by Crippen LogP contribution is -2.32. The van der Waals surface area contributed by atoms with Crippen molar-refractivity contribution in [2.75, 3.05) is 20.2 Å². The summed E-state index contributed by atoms with van der Waals surface area (Å²) in [5.74, 6) is 0. The molecule has 0 unspecified atom stereocenters. The van der Waals surface area contributed by atoms with Crippen molar-refractivity contribution in [3.8, 4) is 0 Å². The van der Waals surface area contributed by atoms with E-state index in [0.717, 1.165) is 0 Å². The van der Waals surface area contributed by atoms with Gasteiger partial charge in [-0.3, -0.25) is 0 Å². The third-order valence-electron chi connectivity index (χ3n) is 1.22. The number of hydrogen-bond donors (Lipinski definition) is 1. The average molecular weight is 162 g/mol. The standard InChI is InChI=1S/C6H14N2O3/c1-6(2,4-7-3)5-11-8(9)10/h7H,4-5H2,1-3H3. The number of nitrogens with one attached hydrogen (secondary N) is 1. The van der Waals surface area contributed by atoms with Gasteiger partial charge in [0.05, 0.1) is 0 Å². The Bertz CT molecular complexity index is 136. The molecule has 0 aliphatic heterocycles. The largest absolute Gasteiger partial charge is 0.319 e. The Morgan fingerprint density at radius 2 is 2.18 bits per heavy atom. The third kappa shape index (κ3) is 5.60. The van der Waals surface area contributed by atoms with Crippen LogP contribution in [0, 0.1) is 15.5 Å². The van der Waals surface area contributed by atoms with Gasteiger partial charge in [-0.1, -0.05) is 13.8 Å². The van der Waals surface area contributed by atoms with Gasteiger partial charge in [0.2, 0.25) is 0 Å². The van der Waals surface area contributed by atoms with Gasteiger partial charge < -0.3 is 10.2 Å². The number of nitrogens with zero attached hydrogens (tertiary/aromatic N) is 1. The molecule has 0 aromatic rings. The molecule has 5 nitrogen and oxygen atoms in total. The van der Waals surface area contributed by atoms with Crippen LogP contribution in [0.5, 0.6) is 0 Å². The Kier molecular flexibility index (Phi) is 3.81. The molecule has 0 aliphatic carbocycles. The highest BCUT2D eigenvalue weighted by Crippen LogP contribution is 2.13. The van der Waals surface area contributed by atoms with E-state index in [1.807, 2.05) is 13.8 Å². The van der Waals surface area contributed by atoms with Crippen LogP contribution in [-0.4, -0.2) is 25.3 Å². The summed E-state index contributed by atoms with van der Waals surface area (Å²) in [6, 6.07) is 0. The molecular weight excluding hydrogens is 148 g/mol. The summed E-state index contributed by atoms with van der Waals surface area (Å²) < 4.78 is 0. The predicted molar refractivity (Wildman–Crippen MR) is 40.7 cm³/mol. The molecule has 0 atom stereocenters. The van der Waals surface area contributed by atoms with Crippen LogP contribution in [-0.2, 0) is 4.84 Å². The van der Waals surface area contributed by atoms with Crippen molar-refractivity contribution >= 4 is 0 Å². The molecule has 0 aromatic heterocycles. The smallest absolute Gasteiger partial charge is 0.294 e. The first kappa shape index (κ1) is 10.2. The van der Waals surface area contributed by atoms with Crippen molar-refractivity contribution in [2.45, 2.75) is 13.8 Å². The van der Waals surface area contributed by atoms with Gasteiger partial charge in [0.15, 0.2) is 0 Å². The highest BCUT2D eigenvalue weighted by atomic mass is 16.9. The van der Waals surface area contributed by atoms with Crippen molar-refractivity contribution in [3.05, 3.63) is 10.1 Å². The summed E-state index contributed by atoms with van der Waals surface area (Å²) in [7, 11) is 1.80. The Labute approximate surface area is 65.8 Å². The molecule has 0 spiro atoms. The zero-order valence-corrected chi connectivity index (χ0v) is 7.09. The van der Waals surface area contributed by atoms with Gasteiger partial charge in [-0.25, -0.2) is 0 Å². The van der Waals surface area contributed by atoms with E-state index >= 15 is 0 Å². The van der Waals surface area contributed by atoms with Crippen LogP contribution in [0.4, 0.5) is 0 Å². The molecular formula is C6H14N2O3. The molecule has 0 heterocycles. The molecule has 0 aromatic carbocycles. The molecule has 5 heteroatoms. The van der Waals surface area contributed by atoms with Gasteiger partial charge in [0.1, 0.15) is 6.61 Å². The second-order valence-corrected chi connectivity index (χ2v) is 3.19. The van der Waals surface area contributed by atoms with E-state index in [1.54, 1.807) is 7.05 Å². The Morgan fingerprint density at radius 1 is 1.64 bits per heavy atom. The summed E-state index contributed by atoms with van der Waals surface area (Å²) in [4.78, 5) is 14.1. The fourth-order valence-electron chi connectivity index (χ4n) is 0.757. The van der Waals surface area contributed by atoms with Crippen molar-refractivity contribution in [3.63, 3.8) is 0 Å². The van der Waals surface area contributed by atoms with E-state index in [-0.39, 0.29) is 12.0 Å². The van der Waals surface area contributed by atoms with E-state index in [9.17, 15) is 10.1 Å². The molecule has 66 valence electrons. The van der Waals surface area contributed by atoms with Crippen LogP contribution in [0.15, 0.2) is 0 Å². The topological polar surface area (TPSA) is 64.4 Å². The molecule has 0 amide bonds. The first-order chi connectivity index (χ1) is 4.98. The summed E-state index contributed by atoms with van der Waals surface area (Å²) in [6.07, 6.45) is 0. The van der Waals surface area contributed by atoms with Crippen molar-refractivity contribution in [1.29, 1.82) is 0 Å². The molecule has 0 radical (unpaired) electrons. The van der Waals surface area contributed by atoms with Crippen LogP contribution in [0.25, 0.3) is 0 Å². The Hall–Kier alpha value is -0.840. The second-order valence-electron chi connectivity index (χ2n) is 3.19. The highest BCUT2D eigenvalue weighted by Gasteiger charge is 2.18. The lowest BCUT2D eigenvalue weighted by atomic mass is 9.95. The summed E-state index contributed by atoms with van der Waals surface area (Å²) in [6.45, 7) is 4.61. The minimum atomic E-state index is -0.766. The molecule has 0 saturated heterocycles. The Balaban J connectivity index is 3.63. The van der Waals surface area contributed by atoms with E-state index in [1.165, 1.54) is 0 Å². The first-order valence-corrected chi connectivity index (χ1v) is 3.40. The quantitative estimate of drug-likeness (QED) is 0.470. The second kappa shape index (κ2) is 4.12. The lowest BCUT2D eigenvalue weighted by Gasteiger charge is -2.21. The van der Waals surface area contributed by atoms with Gasteiger partial charge >= 0.3 is 0 Å². The predicted octanol–water partition coefficient (Wildman–Crippen LogP) is 0.440. The average Bonchev–Trinajstić information content (AvgIpc) is 1.84. The van der Waals surface area contributed by atoms with E-state index in [2.05, 4.69) is 10.2 Å². The minimum Gasteiger partial charge on any atom is -0.319 e. The molecule has 0 aliphatic rings. The fourth-order valence-corrected chi connectivity index (χ4v) is 0.757. The molecule has 0 rings (SSSR count). The van der Waals surface area contributed by atoms with Gasteiger partial charge in [-0.15, -0.1) is 10.1 Å². The monoisotopic (exact) mass is 162 g/mol. The maximum Gasteiger partial charge on any atom is 0.294 e. The molecule has 11 heavy (non-hydrogen) atoms. The normalized spacial score (nSPS) is 11.2. The lowest BCUT2D eigenvalue weighted by molar-refractivity contribution is -0.760. The molecule has 0 bridgehead atoms. The Morgan fingerprint density at radius 3 is 2.55 bits per heavy atom. The maximum atomic E-state index is 9.81. The van der Waals surface area contributed by atoms with Gasteiger partial charge in [-0.2, -0.15) is 0 Å². The zero-order valence-electron chi connectivity index (χ0n) is 7.09. The van der Waals surface area contributed by atoms with Crippen molar-refractivity contribution in [2.24, 2.45) is 5.41 Å². The van der Waals surface area contributed by atoms with Crippen molar-refractivity contribution in [1.82, 2.24) is 5.32 Å². The van der Waals surface area contributed by atoms with E-state index < -0.39 is 5.09 Å². The number of hydrogen-bond acceptors (Lipinski definition) is 4. The number of rotatable bonds is 5. The molecule has 0 fully saturated rings. The van der Waals surface area contributed by atoms with Gasteiger partial charge in [0, 0.05) is 12.0 Å². The van der Waals surface area contributed by atoms with Crippen LogP contribution in [0.2, 0.25) is 0 Å². The molecule has 1 N–H and O–H groups in total. The summed E-state index contributed by atoms with van der Waals surface area (Å²) >= 11 is 0. The SMILES string of the molecule is CNCC(C)(C)CO[N+](=O)[O-]. The third-order valence-corrected chi connectivity index (χ3v) is 1.22. The fraction of sp³-hybridized carbons (Fsp3) is 1.00. The highest BCUT2D eigenvalue weighted by molar-refractivity contribution is 4.68. The van der Waals surface area contributed by atoms with Crippen LogP contribution in [0.1, 0.15) is 13.8 Å². The van der Waals surface area contributed by atoms with Gasteiger partial charge in [-0.05, 0) is 7.05 Å². The summed E-state index contributed by atoms with van der Waals surface area (Å²) in [5, 5.41) is 12.0. The molecule has 0 saturated carbocycles. The van der Waals surface area contributed by atoms with Gasteiger partial charge in [0.25, 0.3) is 5.09 Å². The minimum absolute atomic E-state index is 0.126. The van der Waals surface area contributed by atoms with E-state index in [4.69, 9.17) is 0 Å². The van der Waals surface area contributed by atoms with Crippen LogP contribution >= 0.6 is 0 Å². The zero-order chi connectivity index (χ0) is 8.91. The first-order valence-electron chi connectivity index (χ1n) is 3.40.